The third kappa shape index (κ3) is 4.47. The Labute approximate surface area is 182 Å². The summed E-state index contributed by atoms with van der Waals surface area (Å²) < 4.78 is 16.4. The second kappa shape index (κ2) is 9.50. The summed E-state index contributed by atoms with van der Waals surface area (Å²) in [5.41, 5.74) is 5.03. The number of morpholine rings is 1. The molecule has 1 fully saturated rings. The Hall–Kier alpha value is -3.56. The van der Waals surface area contributed by atoms with E-state index < -0.39 is 0 Å². The predicted octanol–water partition coefficient (Wildman–Crippen LogP) is 4.53. The maximum absolute atomic E-state index is 9.87. The zero-order chi connectivity index (χ0) is 21.6. The molecule has 0 N–H and O–H groups in total. The average molecular weight is 415 g/mol. The number of anilines is 1. The molecule has 0 radical (unpaired) electrons. The number of hydrogen-bond donors (Lipinski definition) is 0. The van der Waals surface area contributed by atoms with E-state index in [4.69, 9.17) is 14.2 Å². The minimum absolute atomic E-state index is 0.352. The molecule has 1 aliphatic heterocycles. The van der Waals surface area contributed by atoms with Gasteiger partial charge in [0.25, 0.3) is 0 Å². The fourth-order valence-corrected chi connectivity index (χ4v) is 3.68. The fourth-order valence-electron chi connectivity index (χ4n) is 3.68. The summed E-state index contributed by atoms with van der Waals surface area (Å²) in [6.07, 6.45) is 0. The van der Waals surface area contributed by atoms with Crippen LogP contribution in [0.3, 0.4) is 0 Å². The molecule has 6 heteroatoms. The SMILES string of the molecule is CCOc1nc(-c2ccc(OC)cc2)cc(-c2ccc(N3CCOCC3)cc2)c1C#N. The molecule has 1 aromatic heterocycles. The Bertz CT molecular complexity index is 1070. The lowest BCUT2D eigenvalue weighted by Gasteiger charge is -2.29. The molecule has 2 aromatic carbocycles. The van der Waals surface area contributed by atoms with Crippen LogP contribution in [0.1, 0.15) is 12.5 Å². The van der Waals surface area contributed by atoms with E-state index in [9.17, 15) is 5.26 Å². The van der Waals surface area contributed by atoms with Gasteiger partial charge < -0.3 is 19.1 Å². The maximum Gasteiger partial charge on any atom is 0.232 e. The van der Waals surface area contributed by atoms with Gasteiger partial charge in [0.2, 0.25) is 5.88 Å². The highest BCUT2D eigenvalue weighted by molar-refractivity contribution is 5.78. The second-order valence-corrected chi connectivity index (χ2v) is 7.15. The van der Waals surface area contributed by atoms with Crippen LogP contribution in [0, 0.1) is 11.3 Å². The molecule has 4 rings (SSSR count). The lowest BCUT2D eigenvalue weighted by atomic mass is 9.98. The van der Waals surface area contributed by atoms with Crippen molar-refractivity contribution < 1.29 is 14.2 Å². The van der Waals surface area contributed by atoms with E-state index in [1.807, 2.05) is 37.3 Å². The molecule has 0 unspecified atom stereocenters. The summed E-state index contributed by atoms with van der Waals surface area (Å²) in [5, 5.41) is 9.87. The molecule has 0 saturated carbocycles. The molecule has 1 aliphatic rings. The Morgan fingerprint density at radius 1 is 1.03 bits per heavy atom. The quantitative estimate of drug-likeness (QED) is 0.589. The van der Waals surface area contributed by atoms with Crippen molar-refractivity contribution >= 4 is 5.69 Å². The van der Waals surface area contributed by atoms with Crippen molar-refractivity contribution in [2.75, 3.05) is 44.9 Å². The van der Waals surface area contributed by atoms with Crippen LogP contribution in [0.5, 0.6) is 11.6 Å². The van der Waals surface area contributed by atoms with Gasteiger partial charge in [0.05, 0.1) is 32.6 Å². The highest BCUT2D eigenvalue weighted by Gasteiger charge is 2.17. The van der Waals surface area contributed by atoms with E-state index in [2.05, 4.69) is 40.2 Å². The summed E-state index contributed by atoms with van der Waals surface area (Å²) in [7, 11) is 1.64. The van der Waals surface area contributed by atoms with Crippen molar-refractivity contribution in [2.24, 2.45) is 0 Å². The van der Waals surface area contributed by atoms with Gasteiger partial charge in [-0.15, -0.1) is 0 Å². The van der Waals surface area contributed by atoms with Crippen LogP contribution >= 0.6 is 0 Å². The number of nitriles is 1. The number of benzene rings is 2. The summed E-state index contributed by atoms with van der Waals surface area (Å²) in [4.78, 5) is 6.93. The molecule has 6 nitrogen and oxygen atoms in total. The average Bonchev–Trinajstić information content (AvgIpc) is 2.84. The number of aromatic nitrogens is 1. The third-order valence-electron chi connectivity index (χ3n) is 5.32. The number of hydrogen-bond acceptors (Lipinski definition) is 6. The van der Waals surface area contributed by atoms with Gasteiger partial charge >= 0.3 is 0 Å². The van der Waals surface area contributed by atoms with Gasteiger partial charge in [-0.25, -0.2) is 4.98 Å². The normalized spacial score (nSPS) is 13.5. The van der Waals surface area contributed by atoms with E-state index in [0.29, 0.717) is 18.1 Å². The summed E-state index contributed by atoms with van der Waals surface area (Å²) in [5.74, 6) is 1.13. The van der Waals surface area contributed by atoms with Crippen molar-refractivity contribution in [2.45, 2.75) is 6.92 Å². The number of pyridine rings is 1. The second-order valence-electron chi connectivity index (χ2n) is 7.15. The molecule has 3 aromatic rings. The minimum Gasteiger partial charge on any atom is -0.497 e. The highest BCUT2D eigenvalue weighted by Crippen LogP contribution is 2.34. The van der Waals surface area contributed by atoms with Gasteiger partial charge in [-0.3, -0.25) is 0 Å². The maximum atomic E-state index is 9.87. The first-order valence-electron chi connectivity index (χ1n) is 10.4. The van der Waals surface area contributed by atoms with Crippen molar-refractivity contribution in [1.29, 1.82) is 5.26 Å². The van der Waals surface area contributed by atoms with E-state index in [1.165, 1.54) is 0 Å². The third-order valence-corrected chi connectivity index (χ3v) is 5.32. The Morgan fingerprint density at radius 2 is 1.71 bits per heavy atom. The zero-order valence-electron chi connectivity index (χ0n) is 17.8. The molecule has 0 amide bonds. The van der Waals surface area contributed by atoms with Gasteiger partial charge in [-0.05, 0) is 55.0 Å². The summed E-state index contributed by atoms with van der Waals surface area (Å²) >= 11 is 0. The summed E-state index contributed by atoms with van der Waals surface area (Å²) in [6.45, 7) is 5.58. The van der Waals surface area contributed by atoms with Gasteiger partial charge in [-0.2, -0.15) is 5.26 Å². The molecule has 1 saturated heterocycles. The number of rotatable bonds is 6. The molecule has 0 aliphatic carbocycles. The first-order chi connectivity index (χ1) is 15.2. The van der Waals surface area contributed by atoms with Gasteiger partial charge in [0.1, 0.15) is 17.4 Å². The molecule has 158 valence electrons. The zero-order valence-corrected chi connectivity index (χ0v) is 17.8. The van der Waals surface area contributed by atoms with Gasteiger partial charge in [-0.1, -0.05) is 12.1 Å². The predicted molar refractivity (Wildman–Crippen MR) is 121 cm³/mol. The van der Waals surface area contributed by atoms with E-state index in [-0.39, 0.29) is 0 Å². The highest BCUT2D eigenvalue weighted by atomic mass is 16.5. The number of nitrogens with zero attached hydrogens (tertiary/aromatic N) is 3. The Kier molecular flexibility index (Phi) is 6.34. The van der Waals surface area contributed by atoms with Gasteiger partial charge in [0.15, 0.2) is 0 Å². The van der Waals surface area contributed by atoms with Crippen LogP contribution in [0.4, 0.5) is 5.69 Å². The Morgan fingerprint density at radius 3 is 2.32 bits per heavy atom. The lowest BCUT2D eigenvalue weighted by Crippen LogP contribution is -2.36. The summed E-state index contributed by atoms with van der Waals surface area (Å²) in [6, 6.07) is 20.2. The van der Waals surface area contributed by atoms with Crippen LogP contribution in [-0.4, -0.2) is 45.0 Å². The van der Waals surface area contributed by atoms with E-state index in [0.717, 1.165) is 60.1 Å². The largest absolute Gasteiger partial charge is 0.497 e. The van der Waals surface area contributed by atoms with Crippen LogP contribution in [0.2, 0.25) is 0 Å². The number of ether oxygens (including phenoxy) is 3. The molecule has 0 bridgehead atoms. The Balaban J connectivity index is 1.76. The standard InChI is InChI=1S/C25H25N3O3/c1-3-31-25-23(17-26)22(16-24(27-25)19-6-10-21(29-2)11-7-19)18-4-8-20(9-5-18)28-12-14-30-15-13-28/h4-11,16H,3,12-15H2,1-2H3. The fraction of sp³-hybridized carbons (Fsp3) is 0.280. The molecular weight excluding hydrogens is 390 g/mol. The smallest absolute Gasteiger partial charge is 0.232 e. The van der Waals surface area contributed by atoms with Crippen molar-refractivity contribution in [3.05, 3.63) is 60.2 Å². The first kappa shape index (κ1) is 20.7. The molecular formula is C25H25N3O3. The van der Waals surface area contributed by atoms with Crippen LogP contribution in [0.15, 0.2) is 54.6 Å². The molecule has 2 heterocycles. The van der Waals surface area contributed by atoms with Gasteiger partial charge in [0, 0.05) is 29.9 Å². The van der Waals surface area contributed by atoms with Crippen LogP contribution in [-0.2, 0) is 4.74 Å². The van der Waals surface area contributed by atoms with Crippen molar-refractivity contribution in [3.63, 3.8) is 0 Å². The van der Waals surface area contributed by atoms with Crippen LogP contribution in [0.25, 0.3) is 22.4 Å². The first-order valence-corrected chi connectivity index (χ1v) is 10.4. The topological polar surface area (TPSA) is 67.6 Å². The molecule has 31 heavy (non-hydrogen) atoms. The van der Waals surface area contributed by atoms with Crippen molar-refractivity contribution in [3.8, 4) is 40.1 Å². The lowest BCUT2D eigenvalue weighted by molar-refractivity contribution is 0.122. The monoisotopic (exact) mass is 415 g/mol. The molecule has 0 atom stereocenters. The minimum atomic E-state index is 0.352. The van der Waals surface area contributed by atoms with E-state index >= 15 is 0 Å². The van der Waals surface area contributed by atoms with Crippen LogP contribution < -0.4 is 14.4 Å². The molecule has 0 spiro atoms. The number of methoxy groups -OCH3 is 1. The van der Waals surface area contributed by atoms with Crippen molar-refractivity contribution in [1.82, 2.24) is 4.98 Å². The van der Waals surface area contributed by atoms with E-state index in [1.54, 1.807) is 7.11 Å².